The van der Waals surface area contributed by atoms with Crippen molar-refractivity contribution in [2.75, 3.05) is 18.1 Å². The molecule has 2 aliphatic heterocycles. The standard InChI is InChI=1S/C8H14N2OS/c9-7-4-10(8(7)11)6-2-1-3-12-5-6/h6-7H,1-5,9H2. The van der Waals surface area contributed by atoms with Crippen LogP contribution in [0.5, 0.6) is 0 Å². The van der Waals surface area contributed by atoms with Gasteiger partial charge in [-0.15, -0.1) is 0 Å². The van der Waals surface area contributed by atoms with E-state index in [4.69, 9.17) is 5.73 Å². The fourth-order valence-electron chi connectivity index (χ4n) is 1.78. The van der Waals surface area contributed by atoms with Crippen LogP contribution in [0.15, 0.2) is 0 Å². The summed E-state index contributed by atoms with van der Waals surface area (Å²) in [5, 5.41) is 0. The average Bonchev–Trinajstić information content (AvgIpc) is 2.15. The van der Waals surface area contributed by atoms with Crippen molar-refractivity contribution < 1.29 is 4.79 Å². The Balaban J connectivity index is 1.88. The fraction of sp³-hybridized carbons (Fsp3) is 0.875. The Kier molecular flexibility index (Phi) is 2.28. The van der Waals surface area contributed by atoms with Crippen LogP contribution < -0.4 is 5.73 Å². The number of rotatable bonds is 1. The monoisotopic (exact) mass is 186 g/mol. The lowest BCUT2D eigenvalue weighted by Gasteiger charge is -2.43. The predicted molar refractivity (Wildman–Crippen MR) is 50.0 cm³/mol. The van der Waals surface area contributed by atoms with Gasteiger partial charge in [-0.05, 0) is 18.6 Å². The molecule has 2 fully saturated rings. The topological polar surface area (TPSA) is 46.3 Å². The second kappa shape index (κ2) is 3.26. The number of hydrogen-bond donors (Lipinski definition) is 1. The van der Waals surface area contributed by atoms with Crippen molar-refractivity contribution >= 4 is 17.7 Å². The number of carbonyl (C=O) groups excluding carboxylic acids is 1. The second-order valence-electron chi connectivity index (χ2n) is 3.47. The number of amides is 1. The molecule has 2 aliphatic rings. The summed E-state index contributed by atoms with van der Waals surface area (Å²) < 4.78 is 0. The van der Waals surface area contributed by atoms with Crippen molar-refractivity contribution in [1.82, 2.24) is 4.90 Å². The Bertz CT molecular complexity index is 191. The molecule has 1 amide bonds. The van der Waals surface area contributed by atoms with Crippen LogP contribution in [0, 0.1) is 0 Å². The molecular weight excluding hydrogens is 172 g/mol. The van der Waals surface area contributed by atoms with Crippen LogP contribution in [0.4, 0.5) is 0 Å². The molecule has 2 heterocycles. The summed E-state index contributed by atoms with van der Waals surface area (Å²) >= 11 is 1.95. The van der Waals surface area contributed by atoms with Gasteiger partial charge >= 0.3 is 0 Å². The van der Waals surface area contributed by atoms with Crippen LogP contribution in [0.2, 0.25) is 0 Å². The lowest BCUT2D eigenvalue weighted by Crippen LogP contribution is -2.64. The molecule has 0 saturated carbocycles. The molecule has 2 atom stereocenters. The van der Waals surface area contributed by atoms with E-state index in [-0.39, 0.29) is 11.9 Å². The minimum Gasteiger partial charge on any atom is -0.335 e. The molecule has 2 N–H and O–H groups in total. The maximum absolute atomic E-state index is 11.3. The highest BCUT2D eigenvalue weighted by molar-refractivity contribution is 7.99. The minimum absolute atomic E-state index is 0.155. The number of likely N-dealkylation sites (tertiary alicyclic amines) is 1. The van der Waals surface area contributed by atoms with Crippen LogP contribution in [0.25, 0.3) is 0 Å². The van der Waals surface area contributed by atoms with Crippen LogP contribution in [0.1, 0.15) is 12.8 Å². The smallest absolute Gasteiger partial charge is 0.241 e. The van der Waals surface area contributed by atoms with E-state index in [1.807, 2.05) is 16.7 Å². The lowest BCUT2D eigenvalue weighted by atomic mass is 10.0. The van der Waals surface area contributed by atoms with Gasteiger partial charge in [-0.3, -0.25) is 4.79 Å². The summed E-state index contributed by atoms with van der Waals surface area (Å²) in [6.45, 7) is 0.782. The molecule has 4 heteroatoms. The molecule has 0 aromatic rings. The molecule has 0 aromatic heterocycles. The van der Waals surface area contributed by atoms with E-state index < -0.39 is 0 Å². The summed E-state index contributed by atoms with van der Waals surface area (Å²) in [4.78, 5) is 13.2. The Morgan fingerprint density at radius 2 is 2.42 bits per heavy atom. The largest absolute Gasteiger partial charge is 0.335 e. The lowest BCUT2D eigenvalue weighted by molar-refractivity contribution is -0.145. The number of carbonyl (C=O) groups is 1. The third-order valence-electron chi connectivity index (χ3n) is 2.57. The quantitative estimate of drug-likeness (QED) is 0.589. The Morgan fingerprint density at radius 3 is 2.92 bits per heavy atom. The summed E-state index contributed by atoms with van der Waals surface area (Å²) in [7, 11) is 0. The molecular formula is C8H14N2OS. The molecule has 0 spiro atoms. The second-order valence-corrected chi connectivity index (χ2v) is 4.62. The van der Waals surface area contributed by atoms with E-state index in [0.29, 0.717) is 6.04 Å². The van der Waals surface area contributed by atoms with Gasteiger partial charge in [0.15, 0.2) is 0 Å². The molecule has 2 rings (SSSR count). The maximum atomic E-state index is 11.3. The first-order chi connectivity index (χ1) is 5.79. The van der Waals surface area contributed by atoms with E-state index in [0.717, 1.165) is 12.3 Å². The molecule has 3 nitrogen and oxygen atoms in total. The van der Waals surface area contributed by atoms with Gasteiger partial charge in [0.2, 0.25) is 5.91 Å². The normalized spacial score (nSPS) is 36.4. The van der Waals surface area contributed by atoms with Crippen molar-refractivity contribution in [2.24, 2.45) is 5.73 Å². The molecule has 2 saturated heterocycles. The summed E-state index contributed by atoms with van der Waals surface area (Å²) in [6, 6.07) is 0.285. The van der Waals surface area contributed by atoms with Gasteiger partial charge in [0.05, 0.1) is 0 Å². The average molecular weight is 186 g/mol. The number of thioether (sulfide) groups is 1. The highest BCUT2D eigenvalue weighted by Crippen LogP contribution is 2.25. The Hall–Kier alpha value is -0.220. The first kappa shape index (κ1) is 8.38. The zero-order valence-electron chi connectivity index (χ0n) is 7.03. The van der Waals surface area contributed by atoms with E-state index in [1.54, 1.807) is 0 Å². The van der Waals surface area contributed by atoms with Crippen LogP contribution >= 0.6 is 11.8 Å². The Labute approximate surface area is 76.7 Å². The third kappa shape index (κ3) is 1.33. The summed E-state index contributed by atoms with van der Waals surface area (Å²) in [6.07, 6.45) is 2.42. The number of hydrogen-bond acceptors (Lipinski definition) is 3. The number of nitrogens with zero attached hydrogens (tertiary/aromatic N) is 1. The Morgan fingerprint density at radius 1 is 1.58 bits per heavy atom. The van der Waals surface area contributed by atoms with Gasteiger partial charge in [-0.1, -0.05) is 0 Å². The molecule has 0 aliphatic carbocycles. The molecule has 12 heavy (non-hydrogen) atoms. The van der Waals surface area contributed by atoms with Crippen LogP contribution in [0.3, 0.4) is 0 Å². The fourth-order valence-corrected chi connectivity index (χ4v) is 2.94. The van der Waals surface area contributed by atoms with Crippen molar-refractivity contribution in [3.05, 3.63) is 0 Å². The van der Waals surface area contributed by atoms with Gasteiger partial charge in [0, 0.05) is 18.3 Å². The summed E-state index contributed by atoms with van der Waals surface area (Å²) in [5.74, 6) is 2.52. The van der Waals surface area contributed by atoms with Gasteiger partial charge in [0.25, 0.3) is 0 Å². The third-order valence-corrected chi connectivity index (χ3v) is 3.77. The van der Waals surface area contributed by atoms with Crippen molar-refractivity contribution in [2.45, 2.75) is 24.9 Å². The molecule has 0 bridgehead atoms. The highest BCUT2D eigenvalue weighted by Gasteiger charge is 2.38. The van der Waals surface area contributed by atoms with Crippen molar-refractivity contribution in [3.8, 4) is 0 Å². The zero-order valence-corrected chi connectivity index (χ0v) is 7.85. The highest BCUT2D eigenvalue weighted by atomic mass is 32.2. The van der Waals surface area contributed by atoms with Gasteiger partial charge < -0.3 is 10.6 Å². The molecule has 0 radical (unpaired) electrons. The number of β-lactam (4-membered cyclic amide) rings is 1. The SMILES string of the molecule is NC1CN(C2CCCSC2)C1=O. The van der Waals surface area contributed by atoms with Gasteiger partial charge in [0.1, 0.15) is 6.04 Å². The van der Waals surface area contributed by atoms with E-state index in [2.05, 4.69) is 0 Å². The minimum atomic E-state index is -0.197. The van der Waals surface area contributed by atoms with Crippen molar-refractivity contribution in [1.29, 1.82) is 0 Å². The van der Waals surface area contributed by atoms with E-state index in [1.165, 1.54) is 18.6 Å². The van der Waals surface area contributed by atoms with Gasteiger partial charge in [-0.2, -0.15) is 11.8 Å². The summed E-state index contributed by atoms with van der Waals surface area (Å²) in [5.41, 5.74) is 5.52. The van der Waals surface area contributed by atoms with Gasteiger partial charge in [-0.25, -0.2) is 0 Å². The van der Waals surface area contributed by atoms with E-state index >= 15 is 0 Å². The maximum Gasteiger partial charge on any atom is 0.241 e. The first-order valence-corrected chi connectivity index (χ1v) is 5.58. The molecule has 2 unspecified atom stereocenters. The molecule has 0 aromatic carbocycles. The van der Waals surface area contributed by atoms with Crippen LogP contribution in [-0.4, -0.2) is 40.9 Å². The van der Waals surface area contributed by atoms with Crippen LogP contribution in [-0.2, 0) is 4.79 Å². The molecule has 68 valence electrons. The first-order valence-electron chi connectivity index (χ1n) is 4.43. The van der Waals surface area contributed by atoms with E-state index in [9.17, 15) is 4.79 Å². The predicted octanol–water partition coefficient (Wildman–Crippen LogP) is 0.0515. The van der Waals surface area contributed by atoms with Crippen molar-refractivity contribution in [3.63, 3.8) is 0 Å². The number of nitrogens with two attached hydrogens (primary N) is 1. The zero-order chi connectivity index (χ0) is 8.55.